The molecule has 4 rings (SSSR count). The summed E-state index contributed by atoms with van der Waals surface area (Å²) >= 11 is 0. The summed E-state index contributed by atoms with van der Waals surface area (Å²) < 4.78 is 14.0. The van der Waals surface area contributed by atoms with Gasteiger partial charge in [-0.05, 0) is 89.5 Å². The SMILES string of the molecule is CC(=O)N1CC2(CCN(C3CCN(C(C)C)CC3)CC2)c2cc(F)ccc21. The Morgan fingerprint density at radius 3 is 2.41 bits per heavy atom. The van der Waals surface area contributed by atoms with Crippen LogP contribution >= 0.6 is 0 Å². The molecule has 0 radical (unpaired) electrons. The lowest BCUT2D eigenvalue weighted by atomic mass is 9.74. The number of hydrogen-bond donors (Lipinski definition) is 0. The van der Waals surface area contributed by atoms with Crippen LogP contribution in [0, 0.1) is 5.82 Å². The average molecular weight is 374 g/mol. The van der Waals surface area contributed by atoms with Gasteiger partial charge in [-0.1, -0.05) is 0 Å². The smallest absolute Gasteiger partial charge is 0.223 e. The Labute approximate surface area is 162 Å². The van der Waals surface area contributed by atoms with Crippen LogP contribution in [0.3, 0.4) is 0 Å². The second kappa shape index (κ2) is 7.17. The molecule has 4 nitrogen and oxygen atoms in total. The van der Waals surface area contributed by atoms with Crippen molar-refractivity contribution in [2.45, 2.75) is 64.0 Å². The van der Waals surface area contributed by atoms with Gasteiger partial charge in [0.2, 0.25) is 5.91 Å². The van der Waals surface area contributed by atoms with Crippen molar-refractivity contribution in [1.82, 2.24) is 9.80 Å². The molecule has 3 aliphatic heterocycles. The van der Waals surface area contributed by atoms with Gasteiger partial charge in [-0.3, -0.25) is 4.79 Å². The van der Waals surface area contributed by atoms with E-state index in [2.05, 4.69) is 23.6 Å². The number of likely N-dealkylation sites (tertiary alicyclic amines) is 2. The number of anilines is 1. The Hall–Kier alpha value is -1.46. The minimum Gasteiger partial charge on any atom is -0.311 e. The minimum atomic E-state index is -0.193. The summed E-state index contributed by atoms with van der Waals surface area (Å²) in [5.41, 5.74) is 1.90. The Morgan fingerprint density at radius 1 is 1.15 bits per heavy atom. The molecule has 1 aromatic rings. The molecular weight excluding hydrogens is 341 g/mol. The standard InChI is InChI=1S/C22H32FN3O/c1-16(2)24-10-6-19(7-11-24)25-12-8-22(9-13-25)15-26(17(3)27)21-5-4-18(23)14-20(21)22/h4-5,14,16,19H,6-13,15H2,1-3H3. The second-order valence-electron chi connectivity index (χ2n) is 8.94. The van der Waals surface area contributed by atoms with Gasteiger partial charge in [0.15, 0.2) is 0 Å². The van der Waals surface area contributed by atoms with E-state index in [0.717, 1.165) is 37.2 Å². The van der Waals surface area contributed by atoms with Gasteiger partial charge < -0.3 is 14.7 Å². The molecule has 5 heteroatoms. The molecule has 148 valence electrons. The Kier molecular flexibility index (Phi) is 5.02. The lowest BCUT2D eigenvalue weighted by Gasteiger charge is -2.45. The molecule has 1 aromatic carbocycles. The maximum atomic E-state index is 14.0. The third-order valence-corrected chi connectivity index (χ3v) is 7.16. The molecule has 0 aliphatic carbocycles. The van der Waals surface area contributed by atoms with Crippen LogP contribution in [0.15, 0.2) is 18.2 Å². The van der Waals surface area contributed by atoms with Gasteiger partial charge >= 0.3 is 0 Å². The number of hydrogen-bond acceptors (Lipinski definition) is 3. The number of benzene rings is 1. The Balaban J connectivity index is 1.46. The van der Waals surface area contributed by atoms with Crippen LogP contribution in [0.4, 0.5) is 10.1 Å². The van der Waals surface area contributed by atoms with Gasteiger partial charge in [0.05, 0.1) is 0 Å². The number of halogens is 1. The number of rotatable bonds is 2. The van der Waals surface area contributed by atoms with E-state index in [1.54, 1.807) is 19.1 Å². The monoisotopic (exact) mass is 373 g/mol. The first kappa shape index (κ1) is 18.9. The molecule has 1 spiro atoms. The molecule has 0 aromatic heterocycles. The first-order valence-electron chi connectivity index (χ1n) is 10.5. The number of carbonyl (C=O) groups is 1. The normalized spacial score (nSPS) is 24.0. The highest BCUT2D eigenvalue weighted by Crippen LogP contribution is 2.47. The van der Waals surface area contributed by atoms with Crippen molar-refractivity contribution in [3.63, 3.8) is 0 Å². The van der Waals surface area contributed by atoms with Gasteiger partial charge in [-0.2, -0.15) is 0 Å². The van der Waals surface area contributed by atoms with E-state index < -0.39 is 0 Å². The highest BCUT2D eigenvalue weighted by atomic mass is 19.1. The fourth-order valence-corrected chi connectivity index (χ4v) is 5.43. The molecule has 1 amide bonds. The fraction of sp³-hybridized carbons (Fsp3) is 0.682. The van der Waals surface area contributed by atoms with Crippen molar-refractivity contribution in [2.75, 3.05) is 37.6 Å². The zero-order valence-electron chi connectivity index (χ0n) is 16.9. The second-order valence-corrected chi connectivity index (χ2v) is 8.94. The molecule has 27 heavy (non-hydrogen) atoms. The van der Waals surface area contributed by atoms with Crippen molar-refractivity contribution in [3.8, 4) is 0 Å². The summed E-state index contributed by atoms with van der Waals surface area (Å²) in [6.45, 7) is 11.4. The van der Waals surface area contributed by atoms with Crippen LogP contribution in [-0.2, 0) is 10.2 Å². The van der Waals surface area contributed by atoms with E-state index in [-0.39, 0.29) is 17.1 Å². The van der Waals surface area contributed by atoms with E-state index in [1.165, 1.54) is 32.0 Å². The van der Waals surface area contributed by atoms with Crippen LogP contribution < -0.4 is 4.90 Å². The number of amides is 1. The van der Waals surface area contributed by atoms with Crippen molar-refractivity contribution in [2.24, 2.45) is 0 Å². The zero-order chi connectivity index (χ0) is 19.2. The summed E-state index contributed by atoms with van der Waals surface area (Å²) in [5, 5.41) is 0. The summed E-state index contributed by atoms with van der Waals surface area (Å²) in [6, 6.07) is 6.25. The molecule has 0 bridgehead atoms. The lowest BCUT2D eigenvalue weighted by Crippen LogP contribution is -2.52. The maximum absolute atomic E-state index is 14.0. The lowest BCUT2D eigenvalue weighted by molar-refractivity contribution is -0.116. The molecule has 3 heterocycles. The predicted octanol–water partition coefficient (Wildman–Crippen LogP) is 3.40. The summed E-state index contributed by atoms with van der Waals surface area (Å²) in [7, 11) is 0. The third kappa shape index (κ3) is 3.40. The topological polar surface area (TPSA) is 26.8 Å². The van der Waals surface area contributed by atoms with Crippen molar-refractivity contribution in [1.29, 1.82) is 0 Å². The zero-order valence-corrected chi connectivity index (χ0v) is 16.9. The summed E-state index contributed by atoms with van der Waals surface area (Å²) in [6.07, 6.45) is 4.52. The predicted molar refractivity (Wildman–Crippen MR) is 107 cm³/mol. The van der Waals surface area contributed by atoms with Crippen LogP contribution in [0.25, 0.3) is 0 Å². The average Bonchev–Trinajstić information content (AvgIpc) is 2.96. The summed E-state index contributed by atoms with van der Waals surface area (Å²) in [4.78, 5) is 19.2. The molecule has 0 N–H and O–H groups in total. The van der Waals surface area contributed by atoms with Gasteiger partial charge in [-0.15, -0.1) is 0 Å². The number of piperidine rings is 2. The van der Waals surface area contributed by atoms with E-state index >= 15 is 0 Å². The van der Waals surface area contributed by atoms with E-state index in [0.29, 0.717) is 18.6 Å². The van der Waals surface area contributed by atoms with Crippen molar-refractivity contribution < 1.29 is 9.18 Å². The summed E-state index contributed by atoms with van der Waals surface area (Å²) in [5.74, 6) is -0.134. The number of nitrogens with zero attached hydrogens (tertiary/aromatic N) is 3. The van der Waals surface area contributed by atoms with E-state index in [4.69, 9.17) is 0 Å². The van der Waals surface area contributed by atoms with Crippen LogP contribution in [0.1, 0.15) is 52.0 Å². The molecule has 0 saturated carbocycles. The van der Waals surface area contributed by atoms with Crippen molar-refractivity contribution in [3.05, 3.63) is 29.6 Å². The fourth-order valence-electron chi connectivity index (χ4n) is 5.43. The van der Waals surface area contributed by atoms with Crippen molar-refractivity contribution >= 4 is 11.6 Å². The third-order valence-electron chi connectivity index (χ3n) is 7.16. The maximum Gasteiger partial charge on any atom is 0.223 e. The van der Waals surface area contributed by atoms with E-state index in [1.807, 2.05) is 4.90 Å². The quantitative estimate of drug-likeness (QED) is 0.795. The van der Waals surface area contributed by atoms with Gasteiger partial charge in [0.1, 0.15) is 5.82 Å². The van der Waals surface area contributed by atoms with E-state index in [9.17, 15) is 9.18 Å². The minimum absolute atomic E-state index is 0.0585. The number of carbonyl (C=O) groups excluding carboxylic acids is 1. The van der Waals surface area contributed by atoms with Gasteiger partial charge in [0.25, 0.3) is 0 Å². The Morgan fingerprint density at radius 2 is 1.81 bits per heavy atom. The molecule has 0 unspecified atom stereocenters. The Bertz CT molecular complexity index is 704. The van der Waals surface area contributed by atoms with Crippen LogP contribution in [0.2, 0.25) is 0 Å². The molecule has 0 atom stereocenters. The first-order valence-corrected chi connectivity index (χ1v) is 10.5. The molecular formula is C22H32FN3O. The number of fused-ring (bicyclic) bond motifs is 2. The van der Waals surface area contributed by atoms with Crippen LogP contribution in [0.5, 0.6) is 0 Å². The van der Waals surface area contributed by atoms with Gasteiger partial charge in [-0.25, -0.2) is 4.39 Å². The first-order chi connectivity index (χ1) is 12.9. The molecule has 2 saturated heterocycles. The van der Waals surface area contributed by atoms with Crippen LogP contribution in [-0.4, -0.2) is 60.5 Å². The largest absolute Gasteiger partial charge is 0.311 e. The highest BCUT2D eigenvalue weighted by Gasteiger charge is 2.46. The highest BCUT2D eigenvalue weighted by molar-refractivity contribution is 5.94. The van der Waals surface area contributed by atoms with Gasteiger partial charge in [0, 0.05) is 36.7 Å². The molecule has 3 aliphatic rings. The molecule has 2 fully saturated rings.